The van der Waals surface area contributed by atoms with Gasteiger partial charge in [-0.2, -0.15) is 0 Å². The van der Waals surface area contributed by atoms with Crippen molar-refractivity contribution in [1.29, 1.82) is 0 Å². The van der Waals surface area contributed by atoms with E-state index in [1.54, 1.807) is 0 Å². The first-order valence-electron chi connectivity index (χ1n) is 35.1. The van der Waals surface area contributed by atoms with E-state index in [0.29, 0.717) is 25.7 Å². The predicted octanol–water partition coefficient (Wildman–Crippen LogP) is 18.8. The molecule has 0 aliphatic carbocycles. The van der Waals surface area contributed by atoms with Crippen LogP contribution in [0.25, 0.3) is 0 Å². The fraction of sp³-hybridized carbons (Fsp3) is 0.940. The standard InChI is InChI=1S/C67H130O17P2/c1-7-11-13-15-29-37-43-49-64(69)77-55-62(83-66(71)51-45-39-30-16-14-12-8-2)57-81-85(73,74)79-53-61(68)54-80-86(75,76)82-58-63(56-78-65(70)50-44-38-33-27-24-23-26-32-36-42-48-60(6)10-4)84-67(72)52-46-40-34-28-22-20-18-17-19-21-25-31-35-41-47-59(5)9-3/h59-63,68H,7-58H2,1-6H3,(H,73,74)(H,75,76)/t59?,60?,61-,62+,63+/m0/s1. The number of phosphoric ester groups is 2. The number of rotatable bonds is 66. The molecule has 0 saturated carbocycles. The maximum atomic E-state index is 13.0. The Kier molecular flexibility index (Phi) is 58.0. The number of aliphatic hydroxyl groups is 1. The maximum Gasteiger partial charge on any atom is 0.472 e. The van der Waals surface area contributed by atoms with Crippen LogP contribution in [0.2, 0.25) is 0 Å². The molecule has 0 amide bonds. The van der Waals surface area contributed by atoms with Gasteiger partial charge in [0.1, 0.15) is 19.3 Å². The van der Waals surface area contributed by atoms with E-state index in [1.165, 1.54) is 128 Å². The van der Waals surface area contributed by atoms with Gasteiger partial charge in [-0.1, -0.05) is 286 Å². The van der Waals surface area contributed by atoms with Crippen LogP contribution in [0.4, 0.5) is 0 Å². The second-order valence-corrected chi connectivity index (χ2v) is 27.6. The van der Waals surface area contributed by atoms with E-state index in [0.717, 1.165) is 127 Å². The highest BCUT2D eigenvalue weighted by Crippen LogP contribution is 2.45. The highest BCUT2D eigenvalue weighted by atomic mass is 31.2. The van der Waals surface area contributed by atoms with Crippen molar-refractivity contribution in [2.45, 2.75) is 355 Å². The molecule has 4 unspecified atom stereocenters. The fourth-order valence-electron chi connectivity index (χ4n) is 10.00. The van der Waals surface area contributed by atoms with E-state index in [9.17, 15) is 43.2 Å². The van der Waals surface area contributed by atoms with Gasteiger partial charge in [-0.3, -0.25) is 37.3 Å². The zero-order valence-corrected chi connectivity index (χ0v) is 57.4. The molecule has 0 heterocycles. The van der Waals surface area contributed by atoms with Gasteiger partial charge in [0, 0.05) is 25.7 Å². The van der Waals surface area contributed by atoms with E-state index >= 15 is 0 Å². The van der Waals surface area contributed by atoms with E-state index < -0.39 is 97.5 Å². The first-order chi connectivity index (χ1) is 41.4. The van der Waals surface area contributed by atoms with Crippen molar-refractivity contribution in [1.82, 2.24) is 0 Å². The Labute approximate surface area is 524 Å². The molecule has 0 spiro atoms. The highest BCUT2D eigenvalue weighted by Gasteiger charge is 2.30. The Bertz CT molecular complexity index is 1690. The van der Waals surface area contributed by atoms with Crippen LogP contribution in [-0.2, 0) is 65.4 Å². The molecule has 0 bridgehead atoms. The van der Waals surface area contributed by atoms with Gasteiger partial charge in [-0.05, 0) is 37.5 Å². The first kappa shape index (κ1) is 84.1. The van der Waals surface area contributed by atoms with E-state index in [4.69, 9.17) is 37.0 Å². The third kappa shape index (κ3) is 58.4. The van der Waals surface area contributed by atoms with Gasteiger partial charge in [0.25, 0.3) is 0 Å². The Morgan fingerprint density at radius 1 is 0.326 bits per heavy atom. The zero-order valence-electron chi connectivity index (χ0n) is 55.6. The van der Waals surface area contributed by atoms with Crippen LogP contribution < -0.4 is 0 Å². The Balaban J connectivity index is 5.17. The van der Waals surface area contributed by atoms with Gasteiger partial charge < -0.3 is 33.8 Å². The summed E-state index contributed by atoms with van der Waals surface area (Å²) < 4.78 is 67.9. The normalized spacial score (nSPS) is 14.8. The maximum absolute atomic E-state index is 13.0. The van der Waals surface area contributed by atoms with Crippen LogP contribution >= 0.6 is 15.6 Å². The van der Waals surface area contributed by atoms with Crippen molar-refractivity contribution in [3.05, 3.63) is 0 Å². The quantitative estimate of drug-likeness (QED) is 0.0222. The number of esters is 4. The topological polar surface area (TPSA) is 237 Å². The number of carbonyl (C=O) groups is 4. The average molecular weight is 1270 g/mol. The molecule has 0 aromatic heterocycles. The van der Waals surface area contributed by atoms with E-state index in [-0.39, 0.29) is 25.7 Å². The summed E-state index contributed by atoms with van der Waals surface area (Å²) in [5, 5.41) is 10.5. The third-order valence-electron chi connectivity index (χ3n) is 16.2. The van der Waals surface area contributed by atoms with Crippen LogP contribution in [0.3, 0.4) is 0 Å². The Morgan fingerprint density at radius 2 is 0.558 bits per heavy atom. The number of hydrogen-bond donors (Lipinski definition) is 3. The van der Waals surface area contributed by atoms with Gasteiger partial charge >= 0.3 is 39.5 Å². The van der Waals surface area contributed by atoms with E-state index in [2.05, 4.69) is 41.5 Å². The zero-order chi connectivity index (χ0) is 63.6. The molecule has 0 radical (unpaired) electrons. The van der Waals surface area contributed by atoms with Gasteiger partial charge in [-0.25, -0.2) is 9.13 Å². The fourth-order valence-corrected chi connectivity index (χ4v) is 11.6. The molecule has 0 fully saturated rings. The Hall–Kier alpha value is -1.94. The third-order valence-corrected chi connectivity index (χ3v) is 18.1. The van der Waals surface area contributed by atoms with Gasteiger partial charge in [0.15, 0.2) is 12.2 Å². The second-order valence-electron chi connectivity index (χ2n) is 24.7. The van der Waals surface area contributed by atoms with Crippen LogP contribution in [0.15, 0.2) is 0 Å². The minimum absolute atomic E-state index is 0.103. The lowest BCUT2D eigenvalue weighted by Crippen LogP contribution is -2.30. The summed E-state index contributed by atoms with van der Waals surface area (Å²) >= 11 is 0. The summed E-state index contributed by atoms with van der Waals surface area (Å²) in [6.45, 7) is 9.52. The monoisotopic (exact) mass is 1270 g/mol. The Morgan fingerprint density at radius 3 is 0.826 bits per heavy atom. The molecule has 19 heteroatoms. The largest absolute Gasteiger partial charge is 0.472 e. The van der Waals surface area contributed by atoms with Crippen molar-refractivity contribution < 1.29 is 80.2 Å². The molecular weight excluding hydrogens is 1140 g/mol. The summed E-state index contributed by atoms with van der Waals surface area (Å²) in [5.41, 5.74) is 0. The lowest BCUT2D eigenvalue weighted by atomic mass is 9.99. The summed E-state index contributed by atoms with van der Waals surface area (Å²) in [7, 11) is -9.88. The molecule has 510 valence electrons. The highest BCUT2D eigenvalue weighted by molar-refractivity contribution is 7.47. The van der Waals surface area contributed by atoms with Gasteiger partial charge in [0.05, 0.1) is 26.4 Å². The summed E-state index contributed by atoms with van der Waals surface area (Å²) in [4.78, 5) is 72.1. The number of aliphatic hydroxyl groups excluding tert-OH is 1. The summed E-state index contributed by atoms with van der Waals surface area (Å²) in [6, 6.07) is 0. The minimum atomic E-state index is -4.95. The van der Waals surface area contributed by atoms with Crippen molar-refractivity contribution in [3.8, 4) is 0 Å². The minimum Gasteiger partial charge on any atom is -0.462 e. The molecule has 86 heavy (non-hydrogen) atoms. The van der Waals surface area contributed by atoms with Crippen molar-refractivity contribution >= 4 is 39.5 Å². The molecule has 0 aromatic rings. The number of carbonyl (C=O) groups excluding carboxylic acids is 4. The van der Waals surface area contributed by atoms with Gasteiger partial charge in [-0.15, -0.1) is 0 Å². The molecule has 0 rings (SSSR count). The molecule has 17 nitrogen and oxygen atoms in total. The average Bonchev–Trinajstić information content (AvgIpc) is 3.65. The smallest absolute Gasteiger partial charge is 0.462 e. The summed E-state index contributed by atoms with van der Waals surface area (Å²) in [6.07, 6.45) is 43.2. The number of ether oxygens (including phenoxy) is 4. The number of hydrogen-bond acceptors (Lipinski definition) is 15. The number of phosphoric acid groups is 2. The van der Waals surface area contributed by atoms with Crippen LogP contribution in [0, 0.1) is 11.8 Å². The molecule has 3 N–H and O–H groups in total. The van der Waals surface area contributed by atoms with Gasteiger partial charge in [0.2, 0.25) is 0 Å². The van der Waals surface area contributed by atoms with Crippen LogP contribution in [0.5, 0.6) is 0 Å². The van der Waals surface area contributed by atoms with E-state index in [1.807, 2.05) is 0 Å². The first-order valence-corrected chi connectivity index (χ1v) is 38.1. The van der Waals surface area contributed by atoms with Crippen LogP contribution in [0.1, 0.15) is 337 Å². The lowest BCUT2D eigenvalue weighted by molar-refractivity contribution is -0.161. The molecule has 0 aliphatic rings. The predicted molar refractivity (Wildman–Crippen MR) is 345 cm³/mol. The molecule has 0 saturated heterocycles. The van der Waals surface area contributed by atoms with Crippen molar-refractivity contribution in [3.63, 3.8) is 0 Å². The molecule has 7 atom stereocenters. The number of unbranched alkanes of at least 4 members (excludes halogenated alkanes) is 34. The summed E-state index contributed by atoms with van der Waals surface area (Å²) in [5.74, 6) is -0.482. The molecule has 0 aliphatic heterocycles. The van der Waals surface area contributed by atoms with Crippen molar-refractivity contribution in [2.75, 3.05) is 39.6 Å². The second kappa shape index (κ2) is 59.4. The molecule has 0 aromatic carbocycles. The van der Waals surface area contributed by atoms with Crippen molar-refractivity contribution in [2.24, 2.45) is 11.8 Å². The molecular formula is C67H130O17P2. The SMILES string of the molecule is CCCCCCCCCC(=O)OC[C@H](COP(=O)(O)OC[C@H](O)COP(=O)(O)OC[C@@H](COC(=O)CCCCCCCCCCCCC(C)CC)OC(=O)CCCCCCCCCCCCCCCCC(C)CC)OC(=O)CCCCCCCCC. The lowest BCUT2D eigenvalue weighted by Gasteiger charge is -2.21. The van der Waals surface area contributed by atoms with Crippen LogP contribution in [-0.4, -0.2) is 96.7 Å².